The summed E-state index contributed by atoms with van der Waals surface area (Å²) >= 11 is 1.53. The Morgan fingerprint density at radius 3 is 2.91 bits per heavy atom. The lowest BCUT2D eigenvalue weighted by molar-refractivity contribution is 0.0676. The summed E-state index contributed by atoms with van der Waals surface area (Å²) in [7, 11) is 0. The molecular weight excluding hydrogens is 296 g/mol. The Labute approximate surface area is 136 Å². The minimum atomic E-state index is -0.0271. The van der Waals surface area contributed by atoms with Crippen molar-refractivity contribution in [2.75, 3.05) is 13.2 Å². The molecule has 1 aromatic rings. The highest BCUT2D eigenvalue weighted by atomic mass is 32.1. The van der Waals surface area contributed by atoms with E-state index in [1.54, 1.807) is 0 Å². The summed E-state index contributed by atoms with van der Waals surface area (Å²) in [6.45, 7) is 5.54. The van der Waals surface area contributed by atoms with Gasteiger partial charge in [-0.3, -0.25) is 4.79 Å². The van der Waals surface area contributed by atoms with Crippen LogP contribution in [-0.4, -0.2) is 35.0 Å². The molecule has 4 nitrogen and oxygen atoms in total. The summed E-state index contributed by atoms with van der Waals surface area (Å²) in [6, 6.07) is 0.449. The number of aromatic nitrogens is 1. The van der Waals surface area contributed by atoms with Gasteiger partial charge in [0.15, 0.2) is 0 Å². The van der Waals surface area contributed by atoms with Crippen LogP contribution >= 0.6 is 11.3 Å². The molecule has 2 atom stereocenters. The quantitative estimate of drug-likeness (QED) is 0.822. The van der Waals surface area contributed by atoms with Crippen molar-refractivity contribution in [1.82, 2.24) is 9.88 Å². The van der Waals surface area contributed by atoms with E-state index in [1.807, 2.05) is 19.2 Å². The second-order valence-corrected chi connectivity index (χ2v) is 7.31. The standard InChI is InChI=1S/C17H26N2O2S/c1-3-21-12(2)16-18-14(11-22-16)17(20)19-10-6-9-15(19)13-7-4-5-8-13/h11-13,15H,3-10H2,1-2H3. The van der Waals surface area contributed by atoms with Crippen LogP contribution < -0.4 is 0 Å². The van der Waals surface area contributed by atoms with Gasteiger partial charge in [-0.15, -0.1) is 11.3 Å². The first kappa shape index (κ1) is 15.9. The molecule has 0 spiro atoms. The molecule has 122 valence electrons. The summed E-state index contributed by atoms with van der Waals surface area (Å²) < 4.78 is 5.57. The number of carbonyl (C=O) groups is 1. The van der Waals surface area contributed by atoms with Crippen LogP contribution in [-0.2, 0) is 4.74 Å². The lowest BCUT2D eigenvalue weighted by Gasteiger charge is -2.28. The maximum absolute atomic E-state index is 12.8. The first-order valence-corrected chi connectivity index (χ1v) is 9.46. The molecular formula is C17H26N2O2S. The van der Waals surface area contributed by atoms with E-state index in [0.717, 1.165) is 18.0 Å². The average Bonchev–Trinajstić information content (AvgIpc) is 3.25. The summed E-state index contributed by atoms with van der Waals surface area (Å²) in [5.74, 6) is 0.840. The Kier molecular flexibility index (Phi) is 5.14. The van der Waals surface area contributed by atoms with E-state index in [4.69, 9.17) is 4.74 Å². The van der Waals surface area contributed by atoms with E-state index < -0.39 is 0 Å². The number of ether oxygens (including phenoxy) is 1. The van der Waals surface area contributed by atoms with E-state index in [2.05, 4.69) is 9.88 Å². The predicted octanol–water partition coefficient (Wildman–Crippen LogP) is 4.04. The van der Waals surface area contributed by atoms with Crippen LogP contribution in [0, 0.1) is 5.92 Å². The van der Waals surface area contributed by atoms with Gasteiger partial charge in [0.05, 0.1) is 0 Å². The van der Waals surface area contributed by atoms with E-state index in [9.17, 15) is 4.79 Å². The average molecular weight is 322 g/mol. The molecule has 0 radical (unpaired) electrons. The molecule has 2 aliphatic rings. The molecule has 3 rings (SSSR count). The minimum absolute atomic E-state index is 0.0271. The molecule has 5 heteroatoms. The summed E-state index contributed by atoms with van der Waals surface area (Å²) in [4.78, 5) is 19.5. The molecule has 1 amide bonds. The molecule has 2 heterocycles. The molecule has 1 saturated heterocycles. The maximum atomic E-state index is 12.8. The molecule has 0 aromatic carbocycles. The third-order valence-electron chi connectivity index (χ3n) is 5.01. The molecule has 1 aliphatic carbocycles. The monoisotopic (exact) mass is 322 g/mol. The van der Waals surface area contributed by atoms with Crippen molar-refractivity contribution in [2.24, 2.45) is 5.92 Å². The lowest BCUT2D eigenvalue weighted by Crippen LogP contribution is -2.39. The number of amides is 1. The first-order chi connectivity index (χ1) is 10.7. The van der Waals surface area contributed by atoms with Crippen molar-refractivity contribution in [1.29, 1.82) is 0 Å². The second kappa shape index (κ2) is 7.09. The third-order valence-corrected chi connectivity index (χ3v) is 6.02. The zero-order valence-electron chi connectivity index (χ0n) is 13.6. The topological polar surface area (TPSA) is 42.4 Å². The van der Waals surface area contributed by atoms with Gasteiger partial charge in [-0.1, -0.05) is 12.8 Å². The van der Waals surface area contributed by atoms with Crippen LogP contribution in [0.2, 0.25) is 0 Å². The first-order valence-electron chi connectivity index (χ1n) is 8.58. The number of thiazole rings is 1. The van der Waals surface area contributed by atoms with E-state index in [-0.39, 0.29) is 12.0 Å². The smallest absolute Gasteiger partial charge is 0.273 e. The number of nitrogens with zero attached hydrogens (tertiary/aromatic N) is 2. The van der Waals surface area contributed by atoms with Crippen LogP contribution in [0.25, 0.3) is 0 Å². The summed E-state index contributed by atoms with van der Waals surface area (Å²) in [5.41, 5.74) is 0.608. The van der Waals surface area contributed by atoms with Crippen molar-refractivity contribution < 1.29 is 9.53 Å². The predicted molar refractivity (Wildman–Crippen MR) is 88.2 cm³/mol. The summed E-state index contributed by atoms with van der Waals surface area (Å²) in [6.07, 6.45) is 7.52. The number of hydrogen-bond acceptors (Lipinski definition) is 4. The zero-order chi connectivity index (χ0) is 15.5. The van der Waals surface area contributed by atoms with Crippen LogP contribution in [0.3, 0.4) is 0 Å². The Balaban J connectivity index is 1.70. The Morgan fingerprint density at radius 1 is 1.41 bits per heavy atom. The van der Waals surface area contributed by atoms with E-state index in [1.165, 1.54) is 43.4 Å². The molecule has 2 fully saturated rings. The lowest BCUT2D eigenvalue weighted by atomic mass is 9.96. The molecule has 0 bridgehead atoms. The van der Waals surface area contributed by atoms with Crippen molar-refractivity contribution in [3.63, 3.8) is 0 Å². The van der Waals surface area contributed by atoms with Gasteiger partial charge in [-0.25, -0.2) is 4.98 Å². The molecule has 2 unspecified atom stereocenters. The minimum Gasteiger partial charge on any atom is -0.372 e. The van der Waals surface area contributed by atoms with Gasteiger partial charge < -0.3 is 9.64 Å². The van der Waals surface area contributed by atoms with Gasteiger partial charge in [0, 0.05) is 24.6 Å². The second-order valence-electron chi connectivity index (χ2n) is 6.42. The Hall–Kier alpha value is -0.940. The third kappa shape index (κ3) is 3.20. The van der Waals surface area contributed by atoms with Crippen LogP contribution in [0.15, 0.2) is 5.38 Å². The fourth-order valence-electron chi connectivity index (χ4n) is 3.92. The van der Waals surface area contributed by atoms with Gasteiger partial charge in [-0.05, 0) is 45.4 Å². The van der Waals surface area contributed by atoms with E-state index >= 15 is 0 Å². The van der Waals surface area contributed by atoms with Crippen molar-refractivity contribution in [3.05, 3.63) is 16.1 Å². The number of hydrogen-bond donors (Lipinski definition) is 0. The van der Waals surface area contributed by atoms with Gasteiger partial charge in [-0.2, -0.15) is 0 Å². The zero-order valence-corrected chi connectivity index (χ0v) is 14.4. The number of carbonyl (C=O) groups excluding carboxylic acids is 1. The molecule has 1 aliphatic heterocycles. The SMILES string of the molecule is CCOC(C)c1nc(C(=O)N2CCCC2C2CCCC2)cs1. The van der Waals surface area contributed by atoms with Crippen molar-refractivity contribution in [2.45, 2.75) is 64.5 Å². The van der Waals surface area contributed by atoms with Crippen LogP contribution in [0.1, 0.15) is 74.0 Å². The highest BCUT2D eigenvalue weighted by Gasteiger charge is 2.36. The fourth-order valence-corrected chi connectivity index (χ4v) is 4.71. The highest BCUT2D eigenvalue weighted by molar-refractivity contribution is 7.09. The Bertz CT molecular complexity index is 511. The summed E-state index contributed by atoms with van der Waals surface area (Å²) in [5, 5.41) is 2.80. The van der Waals surface area contributed by atoms with Crippen LogP contribution in [0.4, 0.5) is 0 Å². The maximum Gasteiger partial charge on any atom is 0.273 e. The van der Waals surface area contributed by atoms with Gasteiger partial charge >= 0.3 is 0 Å². The highest BCUT2D eigenvalue weighted by Crippen LogP contribution is 2.36. The van der Waals surface area contributed by atoms with E-state index in [0.29, 0.717) is 24.3 Å². The normalized spacial score (nSPS) is 24.1. The van der Waals surface area contributed by atoms with Crippen LogP contribution in [0.5, 0.6) is 0 Å². The van der Waals surface area contributed by atoms with Crippen molar-refractivity contribution in [3.8, 4) is 0 Å². The van der Waals surface area contributed by atoms with Crippen molar-refractivity contribution >= 4 is 17.2 Å². The van der Waals surface area contributed by atoms with Gasteiger partial charge in [0.1, 0.15) is 16.8 Å². The molecule has 1 aromatic heterocycles. The number of rotatable bonds is 5. The largest absolute Gasteiger partial charge is 0.372 e. The van der Waals surface area contributed by atoms with Gasteiger partial charge in [0.2, 0.25) is 0 Å². The molecule has 0 N–H and O–H groups in total. The molecule has 22 heavy (non-hydrogen) atoms. The number of likely N-dealkylation sites (tertiary alicyclic amines) is 1. The Morgan fingerprint density at radius 2 is 2.18 bits per heavy atom. The fraction of sp³-hybridized carbons (Fsp3) is 0.765. The molecule has 1 saturated carbocycles. The van der Waals surface area contributed by atoms with Gasteiger partial charge in [0.25, 0.3) is 5.91 Å².